The fourth-order valence-corrected chi connectivity index (χ4v) is 4.97. The number of nitrogens with two attached hydrogens (primary N) is 1. The standard InChI is InChI=1S/C27H22BN6.C7H7NO2.Zn/c1-4-10-22(11-5-1)25-16-19-32(29-25)28(33-20-17-26(30-33)23-12-6-2-7-13-23)34-21-18-27(31-34)24-14-8-3-9-15-24;8-6-4-2-1-3-5(6)7(9)10;/h1-21,28H;1-4H,8H2,(H,9,10);/q-1;;+2/p-1. The van der Waals surface area contributed by atoms with Gasteiger partial charge >= 0.3 is 26.6 Å². The van der Waals surface area contributed by atoms with Gasteiger partial charge in [0, 0.05) is 27.9 Å². The summed E-state index contributed by atoms with van der Waals surface area (Å²) in [7, 11) is -1.48. The summed E-state index contributed by atoms with van der Waals surface area (Å²) in [6.45, 7) is 0. The molecule has 2 N–H and O–H groups in total. The summed E-state index contributed by atoms with van der Waals surface area (Å²) in [6, 6.07) is 42.9. The Labute approximate surface area is 273 Å². The molecule has 0 saturated carbocycles. The summed E-state index contributed by atoms with van der Waals surface area (Å²) >= 11 is 0. The molecule has 4 aromatic carbocycles. The van der Waals surface area contributed by atoms with Crippen LogP contribution in [-0.4, -0.2) is 42.2 Å². The van der Waals surface area contributed by atoms with Crippen LogP contribution in [0.5, 0.6) is 0 Å². The van der Waals surface area contributed by atoms with Gasteiger partial charge in [0.05, 0.1) is 23.1 Å². The molecule has 3 heterocycles. The van der Waals surface area contributed by atoms with Crippen molar-refractivity contribution in [2.75, 3.05) is 5.73 Å². The van der Waals surface area contributed by atoms with Crippen LogP contribution >= 0.6 is 0 Å². The minimum absolute atomic E-state index is 0. The molecule has 0 fully saturated rings. The summed E-state index contributed by atoms with van der Waals surface area (Å²) in [4.78, 5) is 10.2. The van der Waals surface area contributed by atoms with Crippen molar-refractivity contribution >= 4 is 18.8 Å². The Balaban J connectivity index is 0.000000313. The number of nitrogen functional groups attached to an aromatic ring is 1. The first-order valence-electron chi connectivity index (χ1n) is 14.1. The predicted octanol–water partition coefficient (Wildman–Crippen LogP) is 4.57. The maximum Gasteiger partial charge on any atom is 2.00 e. The normalized spacial score (nSPS) is 10.5. The molecule has 216 valence electrons. The third-order valence-electron chi connectivity index (χ3n) is 7.18. The fourth-order valence-electron chi connectivity index (χ4n) is 4.97. The Bertz CT molecular complexity index is 1790. The van der Waals surface area contributed by atoms with Gasteiger partial charge in [0.25, 0.3) is 0 Å². The van der Waals surface area contributed by atoms with Gasteiger partial charge in [-0.25, -0.2) is 15.3 Å². The van der Waals surface area contributed by atoms with Crippen molar-refractivity contribution in [1.82, 2.24) is 29.1 Å². The van der Waals surface area contributed by atoms with Crippen molar-refractivity contribution < 1.29 is 29.4 Å². The van der Waals surface area contributed by atoms with Crippen LogP contribution in [-0.2, 0) is 19.5 Å². The van der Waals surface area contributed by atoms with Crippen molar-refractivity contribution in [3.05, 3.63) is 158 Å². The van der Waals surface area contributed by atoms with Gasteiger partial charge in [0.15, 0.2) is 0 Å². The van der Waals surface area contributed by atoms with E-state index in [9.17, 15) is 9.90 Å². The average molecular weight is 643 g/mol. The molecule has 45 heavy (non-hydrogen) atoms. The zero-order valence-electron chi connectivity index (χ0n) is 24.4. The third kappa shape index (κ3) is 7.17. The Morgan fingerprint density at radius 1 is 0.533 bits per heavy atom. The first kappa shape index (κ1) is 30.9. The van der Waals surface area contributed by atoms with Crippen LogP contribution in [0.1, 0.15) is 10.4 Å². The van der Waals surface area contributed by atoms with E-state index in [0.29, 0.717) is 0 Å². The number of carboxylic acid groups (broad SMARTS) is 1. The minimum atomic E-state index is -1.48. The Morgan fingerprint density at radius 2 is 0.867 bits per heavy atom. The number of benzene rings is 4. The number of rotatable bonds is 7. The van der Waals surface area contributed by atoms with E-state index in [-0.39, 0.29) is 30.7 Å². The monoisotopic (exact) mass is 641 g/mol. The number of para-hydroxylation sites is 1. The van der Waals surface area contributed by atoms with E-state index < -0.39 is 13.1 Å². The van der Waals surface area contributed by atoms with Crippen LogP contribution in [0.4, 0.5) is 5.69 Å². The number of aromatic nitrogens is 6. The fraction of sp³-hybridized carbons (Fsp3) is 0. The van der Waals surface area contributed by atoms with E-state index in [0.717, 1.165) is 33.8 Å². The van der Waals surface area contributed by atoms with Crippen molar-refractivity contribution in [2.45, 2.75) is 0 Å². The van der Waals surface area contributed by atoms with Crippen LogP contribution in [0.3, 0.4) is 0 Å². The first-order chi connectivity index (χ1) is 21.6. The van der Waals surface area contributed by atoms with Gasteiger partial charge in [-0.1, -0.05) is 109 Å². The molecule has 0 amide bonds. The molecule has 0 spiro atoms. The van der Waals surface area contributed by atoms with Gasteiger partial charge in [-0.15, -0.1) is 0 Å². The van der Waals surface area contributed by atoms with Gasteiger partial charge in [-0.05, 0) is 42.9 Å². The molecule has 0 atom stereocenters. The molecule has 0 saturated heterocycles. The van der Waals surface area contributed by atoms with Crippen LogP contribution in [0, 0.1) is 0 Å². The van der Waals surface area contributed by atoms with Crippen molar-refractivity contribution in [3.8, 4) is 33.8 Å². The number of hydrogen-bond donors (Lipinski definition) is 1. The Hall–Kier alpha value is -5.53. The molecular weight excluding hydrogens is 615 g/mol. The van der Waals surface area contributed by atoms with Crippen LogP contribution in [0.15, 0.2) is 152 Å². The molecule has 0 aliphatic heterocycles. The number of hydrogen-bond acceptors (Lipinski definition) is 6. The number of carbonyl (C=O) groups is 1. The topological polar surface area (TPSA) is 120 Å². The minimum Gasteiger partial charge on any atom is -0.545 e. The van der Waals surface area contributed by atoms with Gasteiger partial charge in [-0.3, -0.25) is 0 Å². The quantitative estimate of drug-likeness (QED) is 0.201. The van der Waals surface area contributed by atoms with E-state index in [2.05, 4.69) is 36.4 Å². The summed E-state index contributed by atoms with van der Waals surface area (Å²) in [5.41, 5.74) is 11.6. The Morgan fingerprint density at radius 3 is 1.18 bits per heavy atom. The summed E-state index contributed by atoms with van der Waals surface area (Å²) < 4.78 is 5.93. The van der Waals surface area contributed by atoms with Gasteiger partial charge in [-0.2, -0.15) is 0 Å². The van der Waals surface area contributed by atoms with E-state index in [4.69, 9.17) is 21.0 Å². The van der Waals surface area contributed by atoms with Gasteiger partial charge in [0.2, 0.25) is 0 Å². The summed E-state index contributed by atoms with van der Waals surface area (Å²) in [6.07, 6.45) is 6.03. The molecule has 7 rings (SSSR count). The molecule has 0 aliphatic carbocycles. The predicted molar refractivity (Wildman–Crippen MR) is 172 cm³/mol. The molecule has 0 unspecified atom stereocenters. The molecule has 11 heteroatoms. The summed E-state index contributed by atoms with van der Waals surface area (Å²) in [5.74, 6) is -1.24. The van der Waals surface area contributed by atoms with E-state index >= 15 is 0 Å². The maximum atomic E-state index is 10.2. The smallest absolute Gasteiger partial charge is 0.545 e. The largest absolute Gasteiger partial charge is 2.00 e. The van der Waals surface area contributed by atoms with Crippen LogP contribution in [0.2, 0.25) is 0 Å². The third-order valence-corrected chi connectivity index (χ3v) is 7.18. The van der Waals surface area contributed by atoms with Gasteiger partial charge in [0.1, 0.15) is 0 Å². The summed E-state index contributed by atoms with van der Waals surface area (Å²) in [5, 5.41) is 25.0. The zero-order valence-corrected chi connectivity index (χ0v) is 27.4. The van der Waals surface area contributed by atoms with Crippen LogP contribution in [0.25, 0.3) is 33.8 Å². The number of carboxylic acids is 1. The van der Waals surface area contributed by atoms with Gasteiger partial charge < -0.3 is 29.4 Å². The second kappa shape index (κ2) is 14.3. The maximum absolute atomic E-state index is 10.2. The molecule has 0 aliphatic rings. The molecule has 9 nitrogen and oxygen atoms in total. The van der Waals surface area contributed by atoms with E-state index in [1.807, 2.05) is 105 Å². The first-order valence-corrected chi connectivity index (χ1v) is 14.1. The second-order valence-electron chi connectivity index (χ2n) is 10.1. The molecular formula is C34H28BN7O2Zn. The van der Waals surface area contributed by atoms with Crippen molar-refractivity contribution in [2.24, 2.45) is 0 Å². The van der Waals surface area contributed by atoms with Crippen LogP contribution < -0.4 is 10.8 Å². The molecule has 7 aromatic rings. The van der Waals surface area contributed by atoms with E-state index in [1.165, 1.54) is 12.1 Å². The van der Waals surface area contributed by atoms with Crippen molar-refractivity contribution in [3.63, 3.8) is 0 Å². The molecule has 0 bridgehead atoms. The van der Waals surface area contributed by atoms with Crippen molar-refractivity contribution in [1.29, 1.82) is 0 Å². The second-order valence-corrected chi connectivity index (χ2v) is 10.1. The zero-order chi connectivity index (χ0) is 30.3. The number of carbonyl (C=O) groups excluding carboxylic acids is 1. The van der Waals surface area contributed by atoms with E-state index in [1.54, 1.807) is 12.1 Å². The molecule has 3 aromatic heterocycles. The average Bonchev–Trinajstić information content (AvgIpc) is 3.86. The number of aromatic carboxylic acids is 1. The number of anilines is 1. The molecule has 0 radical (unpaired) electrons. The number of nitrogens with zero attached hydrogens (tertiary/aromatic N) is 6. The Kier molecular flexibility index (Phi) is 9.82. The SMILES string of the molecule is Nc1ccccc1C(=O)[O-].[Zn+2].c1ccc(-c2ccn([BH-](n3ccc(-c4ccccc4)n3)n3ccc(-c4ccccc4)n3)n2)cc1.